The molecule has 2 aliphatic heterocycles. The number of anilines is 1. The highest BCUT2D eigenvalue weighted by Crippen LogP contribution is 2.41. The van der Waals surface area contributed by atoms with Crippen LogP contribution in [0.1, 0.15) is 67.5 Å². The van der Waals surface area contributed by atoms with Gasteiger partial charge in [0.05, 0.1) is 5.56 Å². The van der Waals surface area contributed by atoms with Crippen molar-refractivity contribution >= 4 is 17.5 Å². The molecule has 0 unspecified atom stereocenters. The highest BCUT2D eigenvalue weighted by molar-refractivity contribution is 6.02. The van der Waals surface area contributed by atoms with E-state index in [-0.39, 0.29) is 23.4 Å². The van der Waals surface area contributed by atoms with E-state index in [0.29, 0.717) is 18.2 Å². The summed E-state index contributed by atoms with van der Waals surface area (Å²) in [6.07, 6.45) is 8.50. The van der Waals surface area contributed by atoms with Gasteiger partial charge in [-0.05, 0) is 62.3 Å². The number of aryl methyl sites for hydroxylation is 1. The lowest BCUT2D eigenvalue weighted by molar-refractivity contribution is -0.120. The monoisotopic (exact) mass is 519 g/mol. The number of hydrogen-bond donors (Lipinski definition) is 1. The molecule has 0 spiro atoms. The summed E-state index contributed by atoms with van der Waals surface area (Å²) in [6, 6.07) is 9.63. The van der Waals surface area contributed by atoms with E-state index in [0.717, 1.165) is 74.8 Å². The molecule has 0 bridgehead atoms. The Bertz CT molecular complexity index is 1370. The largest absolute Gasteiger partial charge is 0.324 e. The lowest BCUT2D eigenvalue weighted by Crippen LogP contribution is -2.48. The fourth-order valence-electron chi connectivity index (χ4n) is 6.45. The summed E-state index contributed by atoms with van der Waals surface area (Å²) in [5.41, 5.74) is 1.27. The lowest BCUT2D eigenvalue weighted by atomic mass is 9.84. The number of rotatable bonds is 4. The fourth-order valence-corrected chi connectivity index (χ4v) is 6.45. The summed E-state index contributed by atoms with van der Waals surface area (Å²) < 4.78 is 30.2. The summed E-state index contributed by atoms with van der Waals surface area (Å²) in [4.78, 5) is 28.7. The number of hydrogen-bond acceptors (Lipinski definition) is 4. The zero-order valence-corrected chi connectivity index (χ0v) is 21.2. The second-order valence-corrected chi connectivity index (χ2v) is 10.7. The zero-order valence-electron chi connectivity index (χ0n) is 21.2. The Morgan fingerprint density at radius 2 is 1.82 bits per heavy atom. The van der Waals surface area contributed by atoms with Crippen molar-refractivity contribution in [2.24, 2.45) is 5.92 Å². The van der Waals surface area contributed by atoms with Crippen LogP contribution in [0.15, 0.2) is 42.5 Å². The molecule has 1 N–H and O–H groups in total. The number of nitrogens with one attached hydrogen (secondary N) is 1. The van der Waals surface area contributed by atoms with Crippen LogP contribution in [0.2, 0.25) is 0 Å². The molecule has 1 saturated carbocycles. The summed E-state index contributed by atoms with van der Waals surface area (Å²) >= 11 is 0. The number of benzene rings is 2. The zero-order chi connectivity index (χ0) is 26.2. The van der Waals surface area contributed by atoms with E-state index in [1.54, 1.807) is 4.90 Å². The third-order valence-electron chi connectivity index (χ3n) is 8.28. The number of carbonyl (C=O) groups is 2. The van der Waals surface area contributed by atoms with Gasteiger partial charge in [0.1, 0.15) is 23.5 Å². The van der Waals surface area contributed by atoms with Crippen LogP contribution in [-0.4, -0.2) is 43.6 Å². The number of halogens is 2. The van der Waals surface area contributed by atoms with Gasteiger partial charge in [0.25, 0.3) is 5.91 Å². The Morgan fingerprint density at radius 3 is 2.68 bits per heavy atom. The number of aromatic nitrogens is 3. The smallest absolute Gasteiger partial charge is 0.257 e. The van der Waals surface area contributed by atoms with Crippen LogP contribution in [0.25, 0.3) is 11.4 Å². The standard InChI is InChI=1S/C29H31F2N5O2/c30-20-12-13-22(23(31)17-20)29(38)36-24-10-4-3-7-18(24)16-25(36)28(37)32-21-9-6-8-19(15-21)27-34-33-26-11-2-1-5-14-35(26)27/h6,8-9,12-13,15,17-18,24-25H,1-5,7,10-11,14,16H2,(H,32,37)/t18-,24-,25-/m0/s1. The first-order valence-electron chi connectivity index (χ1n) is 13.6. The maximum atomic E-state index is 14.6. The van der Waals surface area contributed by atoms with Crippen LogP contribution >= 0.6 is 0 Å². The normalized spacial score (nSPS) is 22.9. The molecule has 2 fully saturated rings. The first kappa shape index (κ1) is 24.7. The lowest BCUT2D eigenvalue weighted by Gasteiger charge is -2.33. The molecule has 3 heterocycles. The van der Waals surface area contributed by atoms with Gasteiger partial charge in [-0.25, -0.2) is 8.78 Å². The van der Waals surface area contributed by atoms with Crippen molar-refractivity contribution in [1.29, 1.82) is 0 Å². The molecule has 3 aromatic rings. The SMILES string of the molecule is O=C(Nc1cccc(-c2nnc3n2CCCCC3)c1)[C@@H]1C[C@@H]2CCCC[C@@H]2N1C(=O)c1ccc(F)cc1F. The molecule has 3 aliphatic rings. The van der Waals surface area contributed by atoms with Crippen LogP contribution in [0.4, 0.5) is 14.5 Å². The van der Waals surface area contributed by atoms with Gasteiger partial charge in [0, 0.05) is 36.3 Å². The molecule has 1 aliphatic carbocycles. The maximum Gasteiger partial charge on any atom is 0.257 e. The maximum absolute atomic E-state index is 14.6. The van der Waals surface area contributed by atoms with Crippen molar-refractivity contribution < 1.29 is 18.4 Å². The minimum atomic E-state index is -0.909. The second kappa shape index (κ2) is 10.3. The van der Waals surface area contributed by atoms with Crippen LogP contribution < -0.4 is 5.32 Å². The molecule has 1 aromatic heterocycles. The fraction of sp³-hybridized carbons (Fsp3) is 0.448. The number of fused-ring (bicyclic) bond motifs is 2. The van der Waals surface area contributed by atoms with Crippen molar-refractivity contribution in [2.75, 3.05) is 5.32 Å². The highest BCUT2D eigenvalue weighted by Gasteiger charge is 2.48. The molecule has 9 heteroatoms. The Kier molecular flexibility index (Phi) is 6.68. The second-order valence-electron chi connectivity index (χ2n) is 10.7. The topological polar surface area (TPSA) is 80.1 Å². The minimum Gasteiger partial charge on any atom is -0.324 e. The van der Waals surface area contributed by atoms with Gasteiger partial charge < -0.3 is 14.8 Å². The molecule has 6 rings (SSSR count). The van der Waals surface area contributed by atoms with Gasteiger partial charge in [0.2, 0.25) is 5.91 Å². The number of likely N-dealkylation sites (tertiary alicyclic amines) is 1. The summed E-state index contributed by atoms with van der Waals surface area (Å²) in [6.45, 7) is 0.871. The van der Waals surface area contributed by atoms with Crippen LogP contribution in [0.3, 0.4) is 0 Å². The van der Waals surface area contributed by atoms with Crippen molar-refractivity contribution in [1.82, 2.24) is 19.7 Å². The van der Waals surface area contributed by atoms with Crippen LogP contribution in [0, 0.1) is 17.6 Å². The molecular weight excluding hydrogens is 488 g/mol. The first-order chi connectivity index (χ1) is 18.5. The van der Waals surface area contributed by atoms with Crippen molar-refractivity contribution in [3.05, 3.63) is 65.5 Å². The minimum absolute atomic E-state index is 0.130. The third-order valence-corrected chi connectivity index (χ3v) is 8.28. The number of nitrogens with zero attached hydrogens (tertiary/aromatic N) is 4. The molecule has 2 amide bonds. The van der Waals surface area contributed by atoms with E-state index in [2.05, 4.69) is 20.1 Å². The van der Waals surface area contributed by atoms with E-state index in [1.807, 2.05) is 24.3 Å². The van der Waals surface area contributed by atoms with E-state index >= 15 is 0 Å². The van der Waals surface area contributed by atoms with E-state index in [4.69, 9.17) is 0 Å². The average molecular weight is 520 g/mol. The summed E-state index contributed by atoms with van der Waals surface area (Å²) in [5, 5.41) is 11.8. The molecular formula is C29H31F2N5O2. The molecule has 7 nitrogen and oxygen atoms in total. The van der Waals surface area contributed by atoms with Gasteiger partial charge in [0.15, 0.2) is 5.82 Å². The first-order valence-corrected chi connectivity index (χ1v) is 13.6. The summed E-state index contributed by atoms with van der Waals surface area (Å²) in [7, 11) is 0. The summed E-state index contributed by atoms with van der Waals surface area (Å²) in [5.74, 6) is -0.548. The predicted molar refractivity (Wildman–Crippen MR) is 138 cm³/mol. The molecule has 2 aromatic carbocycles. The van der Waals surface area contributed by atoms with E-state index < -0.39 is 23.6 Å². The van der Waals surface area contributed by atoms with Crippen molar-refractivity contribution in [3.8, 4) is 11.4 Å². The van der Waals surface area contributed by atoms with Gasteiger partial charge in [-0.15, -0.1) is 10.2 Å². The molecule has 38 heavy (non-hydrogen) atoms. The van der Waals surface area contributed by atoms with E-state index in [9.17, 15) is 18.4 Å². The molecule has 3 atom stereocenters. The predicted octanol–water partition coefficient (Wildman–Crippen LogP) is 5.36. The molecule has 198 valence electrons. The van der Waals surface area contributed by atoms with Crippen LogP contribution in [0.5, 0.6) is 0 Å². The Morgan fingerprint density at radius 1 is 0.947 bits per heavy atom. The van der Waals surface area contributed by atoms with E-state index in [1.165, 1.54) is 12.5 Å². The Balaban J connectivity index is 1.26. The molecule has 1 saturated heterocycles. The number of amides is 2. The van der Waals surface area contributed by atoms with Crippen LogP contribution in [-0.2, 0) is 17.8 Å². The van der Waals surface area contributed by atoms with Gasteiger partial charge in [-0.2, -0.15) is 0 Å². The Hall–Kier alpha value is -3.62. The quantitative estimate of drug-likeness (QED) is 0.503. The number of carbonyl (C=O) groups excluding carboxylic acids is 2. The average Bonchev–Trinajstić information content (AvgIpc) is 3.42. The van der Waals surface area contributed by atoms with Gasteiger partial charge in [-0.3, -0.25) is 9.59 Å². The highest BCUT2D eigenvalue weighted by atomic mass is 19.1. The van der Waals surface area contributed by atoms with Gasteiger partial charge in [-0.1, -0.05) is 31.4 Å². The third kappa shape index (κ3) is 4.59. The Labute approximate surface area is 220 Å². The van der Waals surface area contributed by atoms with Crippen molar-refractivity contribution in [3.63, 3.8) is 0 Å². The van der Waals surface area contributed by atoms with Gasteiger partial charge >= 0.3 is 0 Å². The molecule has 0 radical (unpaired) electrons. The van der Waals surface area contributed by atoms with Crippen molar-refractivity contribution in [2.45, 2.75) is 76.4 Å².